The Morgan fingerprint density at radius 2 is 1.69 bits per heavy atom. The molecule has 6 heteroatoms. The lowest BCUT2D eigenvalue weighted by Gasteiger charge is -2.09. The summed E-state index contributed by atoms with van der Waals surface area (Å²) >= 11 is 0. The number of anilines is 2. The minimum atomic E-state index is 0.693. The highest BCUT2D eigenvalue weighted by molar-refractivity contribution is 5.85. The summed E-state index contributed by atoms with van der Waals surface area (Å²) in [6, 6.07) is 25.9. The summed E-state index contributed by atoms with van der Waals surface area (Å²) in [5, 5.41) is 4.54. The number of aromatic amines is 1. The molecule has 0 atom stereocenters. The molecule has 2 N–H and O–H groups in total. The zero-order chi connectivity index (χ0) is 21.3. The van der Waals surface area contributed by atoms with E-state index < -0.39 is 0 Å². The van der Waals surface area contributed by atoms with Crippen molar-refractivity contribution in [2.75, 3.05) is 5.32 Å². The second-order valence-electron chi connectivity index (χ2n) is 7.46. The number of nitrogens with zero attached hydrogens (tertiary/aromatic N) is 3. The summed E-state index contributed by atoms with van der Waals surface area (Å²) in [6.07, 6.45) is 7.54. The quantitative estimate of drug-likeness (QED) is 0.340. The van der Waals surface area contributed by atoms with Gasteiger partial charge in [-0.2, -0.15) is 0 Å². The molecule has 0 saturated carbocycles. The highest BCUT2D eigenvalue weighted by Crippen LogP contribution is 2.28. The molecule has 0 spiro atoms. The van der Waals surface area contributed by atoms with Crippen LogP contribution in [-0.2, 0) is 0 Å². The van der Waals surface area contributed by atoms with Gasteiger partial charge in [0.25, 0.3) is 0 Å². The van der Waals surface area contributed by atoms with Gasteiger partial charge in [0.1, 0.15) is 11.5 Å². The molecule has 0 amide bonds. The second-order valence-corrected chi connectivity index (χ2v) is 7.46. The van der Waals surface area contributed by atoms with Crippen molar-refractivity contribution < 1.29 is 4.74 Å². The van der Waals surface area contributed by atoms with Crippen LogP contribution in [0.4, 0.5) is 11.5 Å². The molecule has 6 aromatic rings. The van der Waals surface area contributed by atoms with Gasteiger partial charge in [-0.15, -0.1) is 0 Å². The summed E-state index contributed by atoms with van der Waals surface area (Å²) in [6.45, 7) is 0. The first-order valence-electron chi connectivity index (χ1n) is 10.3. The van der Waals surface area contributed by atoms with Gasteiger partial charge in [0.2, 0.25) is 0 Å². The zero-order valence-electron chi connectivity index (χ0n) is 17.1. The lowest BCUT2D eigenvalue weighted by atomic mass is 10.1. The Morgan fingerprint density at radius 1 is 0.844 bits per heavy atom. The van der Waals surface area contributed by atoms with Crippen LogP contribution in [0.15, 0.2) is 104 Å². The van der Waals surface area contributed by atoms with Crippen LogP contribution in [0.25, 0.3) is 27.8 Å². The van der Waals surface area contributed by atoms with Crippen molar-refractivity contribution in [2.45, 2.75) is 0 Å². The number of benzene rings is 3. The van der Waals surface area contributed by atoms with Crippen molar-refractivity contribution in [3.05, 3.63) is 104 Å². The van der Waals surface area contributed by atoms with Crippen LogP contribution in [0.5, 0.6) is 11.5 Å². The van der Waals surface area contributed by atoms with Crippen LogP contribution in [0.1, 0.15) is 0 Å². The molecular formula is C26H19N5O. The number of ether oxygens (including phenoxy) is 1. The van der Waals surface area contributed by atoms with E-state index in [-0.39, 0.29) is 0 Å². The second kappa shape index (κ2) is 7.59. The molecule has 3 aromatic carbocycles. The lowest BCUT2D eigenvalue weighted by molar-refractivity contribution is 0.483. The maximum absolute atomic E-state index is 5.87. The number of hydrogen-bond acceptors (Lipinski definition) is 4. The first-order chi connectivity index (χ1) is 15.8. The van der Waals surface area contributed by atoms with Crippen molar-refractivity contribution in [3.8, 4) is 22.8 Å². The fourth-order valence-corrected chi connectivity index (χ4v) is 3.80. The largest absolute Gasteiger partial charge is 0.457 e. The number of imidazole rings is 1. The fraction of sp³-hybridized carbons (Fsp3) is 0. The molecule has 0 bridgehead atoms. The number of hydrogen-bond donors (Lipinski definition) is 2. The summed E-state index contributed by atoms with van der Waals surface area (Å²) in [5.41, 5.74) is 4.90. The van der Waals surface area contributed by atoms with E-state index in [2.05, 4.69) is 48.9 Å². The Morgan fingerprint density at radius 3 is 2.56 bits per heavy atom. The average Bonchev–Trinajstić information content (AvgIpc) is 3.48. The Balaban J connectivity index is 1.28. The van der Waals surface area contributed by atoms with Crippen molar-refractivity contribution in [2.24, 2.45) is 0 Å². The topological polar surface area (TPSA) is 67.2 Å². The van der Waals surface area contributed by atoms with E-state index in [1.165, 1.54) is 5.39 Å². The third-order valence-electron chi connectivity index (χ3n) is 5.37. The fourth-order valence-electron chi connectivity index (χ4n) is 3.80. The molecule has 0 unspecified atom stereocenters. The van der Waals surface area contributed by atoms with Crippen molar-refractivity contribution in [1.82, 2.24) is 19.4 Å². The highest BCUT2D eigenvalue weighted by atomic mass is 16.5. The number of H-pyrrole nitrogens is 1. The molecule has 6 rings (SSSR count). The van der Waals surface area contributed by atoms with Gasteiger partial charge in [-0.1, -0.05) is 24.3 Å². The molecule has 0 radical (unpaired) electrons. The number of nitrogens with one attached hydrogen (secondary N) is 2. The molecule has 3 aromatic heterocycles. The van der Waals surface area contributed by atoms with Crippen molar-refractivity contribution >= 4 is 28.1 Å². The van der Waals surface area contributed by atoms with Crippen LogP contribution >= 0.6 is 0 Å². The van der Waals surface area contributed by atoms with Crippen molar-refractivity contribution in [3.63, 3.8) is 0 Å². The van der Waals surface area contributed by atoms with E-state index in [4.69, 9.17) is 4.74 Å². The van der Waals surface area contributed by atoms with Crippen LogP contribution in [-0.4, -0.2) is 19.4 Å². The van der Waals surface area contributed by atoms with E-state index in [9.17, 15) is 0 Å². The Bertz CT molecular complexity index is 1520. The Hall–Kier alpha value is -4.58. The van der Waals surface area contributed by atoms with Gasteiger partial charge >= 0.3 is 0 Å². The molecule has 0 aliphatic carbocycles. The smallest absolute Gasteiger partial charge is 0.180 e. The van der Waals surface area contributed by atoms with Crippen molar-refractivity contribution in [1.29, 1.82) is 0 Å². The number of rotatable bonds is 5. The molecule has 3 heterocycles. The van der Waals surface area contributed by atoms with Crippen LogP contribution in [0.3, 0.4) is 0 Å². The predicted molar refractivity (Wildman–Crippen MR) is 127 cm³/mol. The van der Waals surface area contributed by atoms with Gasteiger partial charge in [-0.3, -0.25) is 4.40 Å². The molecule has 0 aliphatic rings. The van der Waals surface area contributed by atoms with E-state index in [0.29, 0.717) is 5.82 Å². The number of fused-ring (bicyclic) bond motifs is 2. The van der Waals surface area contributed by atoms with Crippen LogP contribution < -0.4 is 10.1 Å². The average molecular weight is 417 g/mol. The maximum atomic E-state index is 5.87. The van der Waals surface area contributed by atoms with Gasteiger partial charge in [-0.25, -0.2) is 9.97 Å². The minimum absolute atomic E-state index is 0.693. The standard InChI is InChI=1S/C26H19N5O/c1-2-4-21(5-3-1)32-22-9-7-20(8-10-22)30-25-26-29-17-24(31(26)15-14-28-25)19-6-11-23-18(16-19)12-13-27-23/h1-17,27H,(H,28,30). The molecular weight excluding hydrogens is 398 g/mol. The SMILES string of the molecule is c1ccc(Oc2ccc(Nc3nccn4c(-c5ccc6[nH]ccc6c5)cnc34)cc2)cc1. The van der Waals surface area contributed by atoms with E-state index in [0.717, 1.165) is 39.6 Å². The highest BCUT2D eigenvalue weighted by Gasteiger charge is 2.11. The number of para-hydroxylation sites is 1. The monoisotopic (exact) mass is 417 g/mol. The molecule has 0 saturated heterocycles. The first kappa shape index (κ1) is 18.2. The third kappa shape index (κ3) is 3.33. The summed E-state index contributed by atoms with van der Waals surface area (Å²) in [7, 11) is 0. The van der Waals surface area contributed by atoms with Gasteiger partial charge in [0, 0.05) is 40.7 Å². The lowest BCUT2D eigenvalue weighted by Crippen LogP contribution is -1.98. The van der Waals surface area contributed by atoms with Gasteiger partial charge in [0.05, 0.1) is 11.9 Å². The molecule has 0 fully saturated rings. The summed E-state index contributed by atoms with van der Waals surface area (Å²) in [4.78, 5) is 12.4. The predicted octanol–water partition coefficient (Wildman–Crippen LogP) is 6.41. The summed E-state index contributed by atoms with van der Waals surface area (Å²) in [5.74, 6) is 2.27. The van der Waals surface area contributed by atoms with Gasteiger partial charge in [0.15, 0.2) is 11.5 Å². The Kier molecular flexibility index (Phi) is 4.32. The molecule has 0 aliphatic heterocycles. The molecule has 32 heavy (non-hydrogen) atoms. The Labute approximate surface area is 184 Å². The van der Waals surface area contributed by atoms with Crippen LogP contribution in [0.2, 0.25) is 0 Å². The van der Waals surface area contributed by atoms with E-state index in [1.807, 2.05) is 73.2 Å². The normalized spacial score (nSPS) is 11.1. The van der Waals surface area contributed by atoms with Gasteiger partial charge in [-0.05, 0) is 54.6 Å². The zero-order valence-corrected chi connectivity index (χ0v) is 17.1. The molecule has 154 valence electrons. The van der Waals surface area contributed by atoms with Gasteiger partial charge < -0.3 is 15.0 Å². The molecule has 6 nitrogen and oxygen atoms in total. The maximum Gasteiger partial charge on any atom is 0.180 e. The van der Waals surface area contributed by atoms with E-state index >= 15 is 0 Å². The van der Waals surface area contributed by atoms with E-state index in [1.54, 1.807) is 6.20 Å². The summed E-state index contributed by atoms with van der Waals surface area (Å²) < 4.78 is 7.92. The number of aromatic nitrogens is 4. The minimum Gasteiger partial charge on any atom is -0.457 e. The third-order valence-corrected chi connectivity index (χ3v) is 5.37. The first-order valence-corrected chi connectivity index (χ1v) is 10.3. The van der Waals surface area contributed by atoms with Crippen LogP contribution in [0, 0.1) is 0 Å².